The van der Waals surface area contributed by atoms with Crippen LogP contribution in [0.15, 0.2) is 54.6 Å². The Labute approximate surface area is 154 Å². The van der Waals surface area contributed by atoms with Gasteiger partial charge in [0.25, 0.3) is 0 Å². The van der Waals surface area contributed by atoms with Crippen molar-refractivity contribution in [1.82, 2.24) is 0 Å². The monoisotopic (exact) mass is 370 g/mol. The molecule has 1 heterocycles. The number of anilines is 2. The standard InChI is InChI=1S/C20H22N2O3S/c1-2-26(24,25)22-14-6-9-17-15-18(11-12-19(17)22)21-20(23)13-10-16-7-4-3-5-8-16/h3-5,7-8,10-13,15H,2,6,9,14H2,1H3,(H,21,23)/b13-10+. The largest absolute Gasteiger partial charge is 0.323 e. The van der Waals surface area contributed by atoms with Gasteiger partial charge in [-0.25, -0.2) is 8.42 Å². The molecule has 0 bridgehead atoms. The zero-order valence-electron chi connectivity index (χ0n) is 14.7. The van der Waals surface area contributed by atoms with Gasteiger partial charge in [0.15, 0.2) is 0 Å². The molecule has 136 valence electrons. The number of rotatable bonds is 5. The number of carbonyl (C=O) groups excluding carboxylic acids is 1. The Hall–Kier alpha value is -2.60. The average Bonchev–Trinajstić information content (AvgIpc) is 2.66. The second-order valence-electron chi connectivity index (χ2n) is 6.15. The maximum Gasteiger partial charge on any atom is 0.248 e. The van der Waals surface area contributed by atoms with Gasteiger partial charge in [0, 0.05) is 18.3 Å². The van der Waals surface area contributed by atoms with E-state index in [1.54, 1.807) is 25.1 Å². The third kappa shape index (κ3) is 4.14. The first kappa shape index (κ1) is 18.2. The molecule has 1 amide bonds. The van der Waals surface area contributed by atoms with Gasteiger partial charge in [0.1, 0.15) is 0 Å². The molecule has 0 aliphatic carbocycles. The number of aryl methyl sites for hydroxylation is 1. The van der Waals surface area contributed by atoms with Crippen LogP contribution in [0.1, 0.15) is 24.5 Å². The van der Waals surface area contributed by atoms with Gasteiger partial charge in [-0.05, 0) is 55.2 Å². The minimum Gasteiger partial charge on any atom is -0.323 e. The molecular weight excluding hydrogens is 348 g/mol. The molecule has 0 saturated carbocycles. The highest BCUT2D eigenvalue weighted by Gasteiger charge is 2.26. The average molecular weight is 370 g/mol. The van der Waals surface area contributed by atoms with E-state index >= 15 is 0 Å². The molecule has 0 saturated heterocycles. The Morgan fingerprint density at radius 1 is 1.19 bits per heavy atom. The summed E-state index contributed by atoms with van der Waals surface area (Å²) in [4.78, 5) is 12.1. The van der Waals surface area contributed by atoms with Crippen LogP contribution in [0.25, 0.3) is 6.08 Å². The molecule has 0 atom stereocenters. The van der Waals surface area contributed by atoms with Crippen LogP contribution in [0, 0.1) is 0 Å². The zero-order chi connectivity index (χ0) is 18.6. The summed E-state index contributed by atoms with van der Waals surface area (Å²) in [5, 5.41) is 2.84. The van der Waals surface area contributed by atoms with Gasteiger partial charge >= 0.3 is 0 Å². The van der Waals surface area contributed by atoms with Crippen molar-refractivity contribution in [2.45, 2.75) is 19.8 Å². The number of hydrogen-bond acceptors (Lipinski definition) is 3. The molecule has 26 heavy (non-hydrogen) atoms. The highest BCUT2D eigenvalue weighted by molar-refractivity contribution is 7.92. The topological polar surface area (TPSA) is 66.5 Å². The number of sulfonamides is 1. The molecule has 1 aliphatic heterocycles. The Bertz CT molecular complexity index is 921. The zero-order valence-corrected chi connectivity index (χ0v) is 15.5. The molecule has 1 aliphatic rings. The van der Waals surface area contributed by atoms with Gasteiger partial charge < -0.3 is 5.32 Å². The van der Waals surface area contributed by atoms with Crippen LogP contribution in [-0.2, 0) is 21.2 Å². The van der Waals surface area contributed by atoms with Gasteiger partial charge in [0.2, 0.25) is 15.9 Å². The minimum absolute atomic E-state index is 0.0786. The molecule has 0 spiro atoms. The van der Waals surface area contributed by atoms with Gasteiger partial charge in [-0.15, -0.1) is 0 Å². The van der Waals surface area contributed by atoms with E-state index in [0.717, 1.165) is 29.7 Å². The second kappa shape index (κ2) is 7.74. The lowest BCUT2D eigenvalue weighted by molar-refractivity contribution is -0.111. The number of benzene rings is 2. The lowest BCUT2D eigenvalue weighted by Crippen LogP contribution is -2.36. The number of nitrogens with zero attached hydrogens (tertiary/aromatic N) is 1. The number of fused-ring (bicyclic) bond motifs is 1. The minimum atomic E-state index is -3.27. The maximum absolute atomic E-state index is 12.2. The second-order valence-corrected chi connectivity index (χ2v) is 8.33. The van der Waals surface area contributed by atoms with E-state index in [4.69, 9.17) is 0 Å². The van der Waals surface area contributed by atoms with Crippen molar-refractivity contribution in [2.24, 2.45) is 0 Å². The van der Waals surface area contributed by atoms with Gasteiger partial charge in [-0.1, -0.05) is 30.3 Å². The first-order valence-corrected chi connectivity index (χ1v) is 10.3. The number of hydrogen-bond donors (Lipinski definition) is 1. The van der Waals surface area contributed by atoms with Gasteiger partial charge in [-0.3, -0.25) is 9.10 Å². The van der Waals surface area contributed by atoms with Crippen molar-refractivity contribution in [2.75, 3.05) is 21.9 Å². The van der Waals surface area contributed by atoms with Crippen molar-refractivity contribution < 1.29 is 13.2 Å². The summed E-state index contributed by atoms with van der Waals surface area (Å²) in [5.74, 6) is -0.141. The molecule has 0 radical (unpaired) electrons. The van der Waals surface area contributed by atoms with Gasteiger partial charge in [-0.2, -0.15) is 0 Å². The van der Waals surface area contributed by atoms with Crippen molar-refractivity contribution in [3.05, 3.63) is 65.7 Å². The SMILES string of the molecule is CCS(=O)(=O)N1CCCc2cc(NC(=O)/C=C/c3ccccc3)ccc21. The molecule has 1 N–H and O–H groups in total. The van der Waals surface area contributed by atoms with Crippen molar-refractivity contribution in [3.63, 3.8) is 0 Å². The van der Waals surface area contributed by atoms with E-state index in [-0.39, 0.29) is 11.7 Å². The lowest BCUT2D eigenvalue weighted by Gasteiger charge is -2.30. The molecule has 0 aromatic heterocycles. The smallest absolute Gasteiger partial charge is 0.248 e. The summed E-state index contributed by atoms with van der Waals surface area (Å²) in [7, 11) is -3.27. The Balaban J connectivity index is 1.75. The van der Waals surface area contributed by atoms with Crippen LogP contribution in [0.4, 0.5) is 11.4 Å². The van der Waals surface area contributed by atoms with E-state index in [1.807, 2.05) is 36.4 Å². The van der Waals surface area contributed by atoms with E-state index in [2.05, 4.69) is 5.32 Å². The predicted molar refractivity (Wildman–Crippen MR) is 106 cm³/mol. The van der Waals surface area contributed by atoms with E-state index in [9.17, 15) is 13.2 Å². The molecular formula is C20H22N2O3S. The molecule has 2 aromatic carbocycles. The van der Waals surface area contributed by atoms with Gasteiger partial charge in [0.05, 0.1) is 11.4 Å². The van der Waals surface area contributed by atoms with Crippen LogP contribution in [0.5, 0.6) is 0 Å². The maximum atomic E-state index is 12.2. The first-order valence-electron chi connectivity index (χ1n) is 8.67. The summed E-state index contributed by atoms with van der Waals surface area (Å²) in [6.45, 7) is 2.16. The third-order valence-electron chi connectivity index (χ3n) is 4.35. The fourth-order valence-corrected chi connectivity index (χ4v) is 4.20. The predicted octanol–water partition coefficient (Wildman–Crippen LogP) is 3.44. The summed E-state index contributed by atoms with van der Waals surface area (Å²) < 4.78 is 26.0. The van der Waals surface area contributed by atoms with Crippen LogP contribution in [0.3, 0.4) is 0 Å². The molecule has 6 heteroatoms. The van der Waals surface area contributed by atoms with Crippen molar-refractivity contribution in [3.8, 4) is 0 Å². The number of nitrogens with one attached hydrogen (secondary N) is 1. The summed E-state index contributed by atoms with van der Waals surface area (Å²) >= 11 is 0. The Kier molecular flexibility index (Phi) is 5.42. The summed E-state index contributed by atoms with van der Waals surface area (Å²) in [5.41, 5.74) is 3.28. The van der Waals surface area contributed by atoms with Crippen molar-refractivity contribution in [1.29, 1.82) is 0 Å². The van der Waals surface area contributed by atoms with Crippen LogP contribution >= 0.6 is 0 Å². The molecule has 3 rings (SSSR count). The van der Waals surface area contributed by atoms with E-state index < -0.39 is 10.0 Å². The van der Waals surface area contributed by atoms with Crippen LogP contribution in [0.2, 0.25) is 0 Å². The van der Waals surface area contributed by atoms with Crippen molar-refractivity contribution >= 4 is 33.4 Å². The third-order valence-corrected chi connectivity index (χ3v) is 6.13. The van der Waals surface area contributed by atoms with Crippen LogP contribution in [-0.4, -0.2) is 26.6 Å². The Morgan fingerprint density at radius 3 is 2.69 bits per heavy atom. The molecule has 0 fully saturated rings. The summed E-state index contributed by atoms with van der Waals surface area (Å²) in [6.07, 6.45) is 4.82. The fourth-order valence-electron chi connectivity index (χ4n) is 3.01. The first-order chi connectivity index (χ1) is 12.5. The van der Waals surface area contributed by atoms with Crippen LogP contribution < -0.4 is 9.62 Å². The van der Waals surface area contributed by atoms with E-state index in [0.29, 0.717) is 12.2 Å². The quantitative estimate of drug-likeness (QED) is 0.820. The molecule has 0 unspecified atom stereocenters. The molecule has 5 nitrogen and oxygen atoms in total. The normalized spacial score (nSPS) is 14.3. The fraction of sp³-hybridized carbons (Fsp3) is 0.250. The summed E-state index contributed by atoms with van der Waals surface area (Å²) in [6, 6.07) is 15.0. The highest BCUT2D eigenvalue weighted by Crippen LogP contribution is 2.31. The Morgan fingerprint density at radius 2 is 1.96 bits per heavy atom. The highest BCUT2D eigenvalue weighted by atomic mass is 32.2. The number of carbonyl (C=O) groups is 1. The number of amides is 1. The van der Waals surface area contributed by atoms with E-state index in [1.165, 1.54) is 10.4 Å². The lowest BCUT2D eigenvalue weighted by atomic mass is 10.0. The molecule has 2 aromatic rings.